The van der Waals surface area contributed by atoms with Gasteiger partial charge in [0.1, 0.15) is 5.65 Å². The van der Waals surface area contributed by atoms with E-state index in [1.165, 1.54) is 16.8 Å². The number of hydrogen-bond acceptors (Lipinski definition) is 5. The molecule has 6 heteroatoms. The van der Waals surface area contributed by atoms with Gasteiger partial charge in [0.25, 0.3) is 0 Å². The van der Waals surface area contributed by atoms with Crippen molar-refractivity contribution in [3.05, 3.63) is 72.1 Å². The van der Waals surface area contributed by atoms with Crippen LogP contribution in [-0.2, 0) is 0 Å². The summed E-state index contributed by atoms with van der Waals surface area (Å²) in [5.41, 5.74) is 9.09. The molecule has 0 amide bonds. The van der Waals surface area contributed by atoms with Crippen LogP contribution in [0.4, 0.5) is 5.69 Å². The molecule has 2 saturated heterocycles. The van der Waals surface area contributed by atoms with E-state index in [9.17, 15) is 5.11 Å². The van der Waals surface area contributed by atoms with E-state index in [0.29, 0.717) is 5.92 Å². The minimum atomic E-state index is -0.399. The van der Waals surface area contributed by atoms with Gasteiger partial charge in [-0.25, -0.2) is 4.98 Å². The number of anilines is 1. The first-order valence-electron chi connectivity index (χ1n) is 12.9. The predicted octanol–water partition coefficient (Wildman–Crippen LogP) is 4.55. The lowest BCUT2D eigenvalue weighted by Crippen LogP contribution is -2.46. The zero-order valence-electron chi connectivity index (χ0n) is 21.4. The first-order chi connectivity index (χ1) is 17.5. The number of aromatic nitrogens is 2. The van der Waals surface area contributed by atoms with Crippen LogP contribution >= 0.6 is 0 Å². The molecule has 4 heterocycles. The van der Waals surface area contributed by atoms with Crippen molar-refractivity contribution in [3.63, 3.8) is 0 Å². The van der Waals surface area contributed by atoms with E-state index in [4.69, 9.17) is 4.98 Å². The van der Waals surface area contributed by atoms with Gasteiger partial charge in [0.05, 0.1) is 6.10 Å². The van der Waals surface area contributed by atoms with Crippen LogP contribution in [0.15, 0.2) is 60.9 Å². The number of fused-ring (bicyclic) bond motifs is 1. The van der Waals surface area contributed by atoms with Gasteiger partial charge in [-0.05, 0) is 61.5 Å². The van der Waals surface area contributed by atoms with Gasteiger partial charge in [-0.15, -0.1) is 0 Å². The molecule has 0 bridgehead atoms. The van der Waals surface area contributed by atoms with Crippen molar-refractivity contribution in [1.29, 1.82) is 0 Å². The Balaban J connectivity index is 1.26. The van der Waals surface area contributed by atoms with Crippen molar-refractivity contribution >= 4 is 16.7 Å². The molecule has 1 atom stereocenters. The fourth-order valence-electron chi connectivity index (χ4n) is 5.72. The van der Waals surface area contributed by atoms with Gasteiger partial charge in [0, 0.05) is 79.8 Å². The van der Waals surface area contributed by atoms with Crippen molar-refractivity contribution in [1.82, 2.24) is 19.8 Å². The number of aliphatic hydroxyl groups is 1. The lowest BCUT2D eigenvalue weighted by atomic mass is 9.89. The van der Waals surface area contributed by atoms with Crippen LogP contribution in [0.2, 0.25) is 0 Å². The van der Waals surface area contributed by atoms with Crippen LogP contribution < -0.4 is 4.90 Å². The van der Waals surface area contributed by atoms with Crippen LogP contribution in [0, 0.1) is 12.8 Å². The molecule has 186 valence electrons. The van der Waals surface area contributed by atoms with Gasteiger partial charge in [-0.2, -0.15) is 0 Å². The van der Waals surface area contributed by atoms with Crippen molar-refractivity contribution in [2.75, 3.05) is 58.3 Å². The molecule has 0 aliphatic carbocycles. The third-order valence-corrected chi connectivity index (χ3v) is 8.01. The Kier molecular flexibility index (Phi) is 6.04. The van der Waals surface area contributed by atoms with Crippen molar-refractivity contribution in [3.8, 4) is 22.3 Å². The molecule has 0 saturated carbocycles. The monoisotopic (exact) mass is 481 g/mol. The summed E-state index contributed by atoms with van der Waals surface area (Å²) in [4.78, 5) is 15.2. The van der Waals surface area contributed by atoms with Gasteiger partial charge < -0.3 is 24.8 Å². The molecular formula is C30H35N5O. The largest absolute Gasteiger partial charge is 0.388 e. The van der Waals surface area contributed by atoms with Gasteiger partial charge in [0.2, 0.25) is 0 Å². The minimum absolute atomic E-state index is 0.326. The summed E-state index contributed by atoms with van der Waals surface area (Å²) in [6, 6.07) is 17.4. The van der Waals surface area contributed by atoms with E-state index in [1.54, 1.807) is 0 Å². The summed E-state index contributed by atoms with van der Waals surface area (Å²) in [5.74, 6) is 0.326. The van der Waals surface area contributed by atoms with Crippen molar-refractivity contribution in [2.24, 2.45) is 5.92 Å². The van der Waals surface area contributed by atoms with Gasteiger partial charge in [-0.1, -0.05) is 30.3 Å². The first-order valence-corrected chi connectivity index (χ1v) is 12.9. The van der Waals surface area contributed by atoms with Gasteiger partial charge >= 0.3 is 0 Å². The summed E-state index contributed by atoms with van der Waals surface area (Å²) >= 11 is 0. The predicted molar refractivity (Wildman–Crippen MR) is 147 cm³/mol. The van der Waals surface area contributed by atoms with E-state index in [0.717, 1.165) is 72.6 Å². The van der Waals surface area contributed by atoms with Crippen molar-refractivity contribution < 1.29 is 5.11 Å². The Morgan fingerprint density at radius 2 is 1.61 bits per heavy atom. The highest BCUT2D eigenvalue weighted by atomic mass is 16.3. The molecule has 2 aliphatic rings. The second-order valence-corrected chi connectivity index (χ2v) is 10.7. The molecule has 2 N–H and O–H groups in total. The van der Waals surface area contributed by atoms with Crippen molar-refractivity contribution in [2.45, 2.75) is 13.0 Å². The van der Waals surface area contributed by atoms with Gasteiger partial charge in [0.15, 0.2) is 0 Å². The van der Waals surface area contributed by atoms with Crippen LogP contribution in [-0.4, -0.2) is 78.2 Å². The molecule has 4 aromatic rings. The zero-order valence-corrected chi connectivity index (χ0v) is 21.4. The number of aromatic amines is 1. The van der Waals surface area contributed by atoms with Crippen LogP contribution in [0.5, 0.6) is 0 Å². The smallest absolute Gasteiger partial charge is 0.137 e. The molecule has 2 aromatic heterocycles. The highest BCUT2D eigenvalue weighted by molar-refractivity contribution is 5.95. The number of likely N-dealkylation sites (tertiary alicyclic amines) is 1. The number of benzene rings is 2. The van der Waals surface area contributed by atoms with Crippen LogP contribution in [0.1, 0.15) is 17.2 Å². The molecular weight excluding hydrogens is 446 g/mol. The first kappa shape index (κ1) is 23.2. The fourth-order valence-corrected chi connectivity index (χ4v) is 5.72. The molecule has 0 unspecified atom stereocenters. The van der Waals surface area contributed by atoms with Crippen LogP contribution in [0.3, 0.4) is 0 Å². The normalized spacial score (nSPS) is 18.5. The summed E-state index contributed by atoms with van der Waals surface area (Å²) < 4.78 is 0. The molecule has 2 aromatic carbocycles. The number of H-pyrrole nitrogens is 1. The average Bonchev–Trinajstić information content (AvgIpc) is 3.30. The maximum Gasteiger partial charge on any atom is 0.137 e. The maximum atomic E-state index is 10.7. The number of nitrogens with zero attached hydrogens (tertiary/aromatic N) is 4. The highest BCUT2D eigenvalue weighted by Crippen LogP contribution is 2.35. The molecule has 2 aliphatic heterocycles. The molecule has 0 radical (unpaired) electrons. The number of rotatable bonds is 5. The maximum absolute atomic E-state index is 10.7. The molecule has 6 nitrogen and oxygen atoms in total. The Labute approximate surface area is 213 Å². The molecule has 0 spiro atoms. The Morgan fingerprint density at radius 1 is 0.889 bits per heavy atom. The number of piperazine rings is 1. The number of pyridine rings is 1. The van der Waals surface area contributed by atoms with E-state index in [-0.39, 0.29) is 0 Å². The number of aliphatic hydroxyl groups excluding tert-OH is 1. The minimum Gasteiger partial charge on any atom is -0.388 e. The van der Waals surface area contributed by atoms with E-state index in [1.807, 2.05) is 12.4 Å². The number of hydrogen-bond donors (Lipinski definition) is 2. The Morgan fingerprint density at radius 3 is 2.31 bits per heavy atom. The third kappa shape index (κ3) is 4.30. The quantitative estimate of drug-likeness (QED) is 0.438. The molecule has 2 fully saturated rings. The SMILES string of the molecule is Cc1cc(-c2cnc3[nH]cc(-c4ccc([C@H](O)C5CN(C)C5)cc4)c3c2)ccc1N1CCN(C)CC1. The highest BCUT2D eigenvalue weighted by Gasteiger charge is 2.30. The summed E-state index contributed by atoms with van der Waals surface area (Å²) in [7, 11) is 4.28. The molecule has 6 rings (SSSR count). The fraction of sp³-hybridized carbons (Fsp3) is 0.367. The third-order valence-electron chi connectivity index (χ3n) is 8.01. The second-order valence-electron chi connectivity index (χ2n) is 10.7. The molecule has 36 heavy (non-hydrogen) atoms. The number of aryl methyl sites for hydroxylation is 1. The lowest BCUT2D eigenvalue weighted by Gasteiger charge is -2.39. The number of likely N-dealkylation sites (N-methyl/N-ethyl adjacent to an activating group) is 1. The Hall–Kier alpha value is -3.19. The zero-order chi connectivity index (χ0) is 24.8. The van der Waals surface area contributed by atoms with Crippen LogP contribution in [0.25, 0.3) is 33.3 Å². The summed E-state index contributed by atoms with van der Waals surface area (Å²) in [6.07, 6.45) is 3.60. The van der Waals surface area contributed by atoms with E-state index in [2.05, 4.69) is 89.2 Å². The Bertz CT molecular complexity index is 1360. The van der Waals surface area contributed by atoms with E-state index < -0.39 is 6.10 Å². The summed E-state index contributed by atoms with van der Waals surface area (Å²) in [5, 5.41) is 11.8. The average molecular weight is 482 g/mol. The van der Waals surface area contributed by atoms with Gasteiger partial charge in [-0.3, -0.25) is 0 Å². The standard InChI is InChI=1S/C30H35N5O/c1-20-14-23(8-9-28(20)35-12-10-33(2)11-13-35)24-15-26-27(17-32-30(26)31-16-24)21-4-6-22(7-5-21)29(36)25-18-34(3)19-25/h4-9,14-17,25,29,36H,10-13,18-19H2,1-3H3,(H,31,32)/t29-/m0/s1. The second kappa shape index (κ2) is 9.36. The number of nitrogens with one attached hydrogen (secondary N) is 1. The van der Waals surface area contributed by atoms with E-state index >= 15 is 0 Å². The summed E-state index contributed by atoms with van der Waals surface area (Å²) in [6.45, 7) is 8.48. The lowest BCUT2D eigenvalue weighted by molar-refractivity contribution is 0.00901. The topological polar surface area (TPSA) is 58.6 Å².